The van der Waals surface area contributed by atoms with Gasteiger partial charge < -0.3 is 25.9 Å². The number of piperidine rings is 1. The molecule has 5 N–H and O–H groups in total. The second-order valence-corrected chi connectivity index (χ2v) is 7.61. The van der Waals surface area contributed by atoms with E-state index in [0.29, 0.717) is 37.4 Å². The smallest absolute Gasteiger partial charge is 0.313 e. The van der Waals surface area contributed by atoms with Crippen LogP contribution in [0.15, 0.2) is 35.7 Å². The number of amidine groups is 1. The maximum absolute atomic E-state index is 15.0. The number of primary amides is 1. The van der Waals surface area contributed by atoms with E-state index < -0.39 is 17.7 Å². The number of nitrogens with one attached hydrogen (secondary N) is 1. The molecule has 1 aliphatic heterocycles. The summed E-state index contributed by atoms with van der Waals surface area (Å²) in [7, 11) is 0. The molecule has 1 fully saturated rings. The van der Waals surface area contributed by atoms with Gasteiger partial charge in [0.25, 0.3) is 0 Å². The number of carbonyl (C=O) groups excluding carboxylic acids is 2. The first kappa shape index (κ1) is 24.6. The monoisotopic (exact) mass is 471 g/mol. The van der Waals surface area contributed by atoms with Crippen LogP contribution in [0.2, 0.25) is 0 Å². The first-order valence-corrected chi connectivity index (χ1v) is 10.6. The van der Waals surface area contributed by atoms with Gasteiger partial charge in [0.15, 0.2) is 0 Å². The summed E-state index contributed by atoms with van der Waals surface area (Å²) in [6, 6.07) is 4.76. The van der Waals surface area contributed by atoms with Crippen molar-refractivity contribution in [1.82, 2.24) is 9.97 Å². The summed E-state index contributed by atoms with van der Waals surface area (Å²) in [6.45, 7) is 1.18. The zero-order valence-corrected chi connectivity index (χ0v) is 18.5. The Morgan fingerprint density at radius 2 is 1.88 bits per heavy atom. The van der Waals surface area contributed by atoms with Gasteiger partial charge in [0.2, 0.25) is 11.9 Å². The number of hydrogen-bond acceptors (Lipinski definition) is 9. The van der Waals surface area contributed by atoms with E-state index in [1.807, 2.05) is 4.90 Å². The van der Waals surface area contributed by atoms with Gasteiger partial charge >= 0.3 is 5.97 Å². The lowest BCUT2D eigenvalue weighted by Crippen LogP contribution is -2.35. The number of esters is 1. The topological polar surface area (TPSA) is 170 Å². The van der Waals surface area contributed by atoms with Gasteiger partial charge in [-0.3, -0.25) is 15.0 Å². The maximum atomic E-state index is 15.0. The van der Waals surface area contributed by atoms with E-state index >= 15 is 0 Å². The zero-order valence-electron chi connectivity index (χ0n) is 18.5. The Kier molecular flexibility index (Phi) is 8.43. The van der Waals surface area contributed by atoms with Crippen molar-refractivity contribution >= 4 is 29.4 Å². The van der Waals surface area contributed by atoms with Gasteiger partial charge in [-0.25, -0.2) is 14.4 Å². The number of amides is 1. The fourth-order valence-electron chi connectivity index (χ4n) is 3.24. The third-order valence-corrected chi connectivity index (χ3v) is 5.01. The van der Waals surface area contributed by atoms with E-state index in [1.54, 1.807) is 24.5 Å². The molecule has 0 radical (unpaired) electrons. The quantitative estimate of drug-likeness (QED) is 0.154. The highest BCUT2D eigenvalue weighted by Crippen LogP contribution is 2.26. The molecule has 0 saturated carbocycles. The Bertz CT molecular complexity index is 1070. The number of hydrogen-bond donors (Lipinski definition) is 3. The highest BCUT2D eigenvalue weighted by atomic mass is 19.1. The van der Waals surface area contributed by atoms with Crippen molar-refractivity contribution in [3.8, 4) is 11.1 Å². The van der Waals surface area contributed by atoms with Gasteiger partial charge in [0.05, 0.1) is 12.1 Å². The molecule has 3 rings (SSSR count). The number of benzene rings is 1. The van der Waals surface area contributed by atoms with Crippen LogP contribution in [-0.2, 0) is 25.8 Å². The molecule has 1 aliphatic rings. The molecule has 34 heavy (non-hydrogen) atoms. The minimum Gasteiger partial charge on any atom is -0.460 e. The molecule has 0 aliphatic carbocycles. The summed E-state index contributed by atoms with van der Waals surface area (Å²) in [4.78, 5) is 38.1. The van der Waals surface area contributed by atoms with Crippen LogP contribution in [-0.4, -0.2) is 53.1 Å². The highest BCUT2D eigenvalue weighted by Gasteiger charge is 2.19. The van der Waals surface area contributed by atoms with Crippen LogP contribution >= 0.6 is 0 Å². The van der Waals surface area contributed by atoms with Gasteiger partial charge in [-0.2, -0.15) is 0 Å². The van der Waals surface area contributed by atoms with Crippen LogP contribution in [0.1, 0.15) is 31.2 Å². The number of ether oxygens (including phenoxy) is 1. The van der Waals surface area contributed by atoms with Crippen molar-refractivity contribution in [2.24, 2.45) is 16.6 Å². The van der Waals surface area contributed by atoms with Crippen LogP contribution in [0.4, 0.5) is 10.3 Å². The Morgan fingerprint density at radius 1 is 1.18 bits per heavy atom. The van der Waals surface area contributed by atoms with Gasteiger partial charge in [-0.05, 0) is 0 Å². The third kappa shape index (κ3) is 6.95. The molecular weight excluding hydrogens is 445 g/mol. The normalized spacial score (nSPS) is 13.3. The van der Waals surface area contributed by atoms with Crippen LogP contribution in [0, 0.1) is 11.2 Å². The Balaban J connectivity index is 1.58. The minimum absolute atomic E-state index is 0.123. The number of halogens is 1. The van der Waals surface area contributed by atoms with Crippen LogP contribution in [0.5, 0.6) is 0 Å². The van der Waals surface area contributed by atoms with Crippen molar-refractivity contribution in [2.75, 3.05) is 24.6 Å². The molecule has 1 saturated heterocycles. The van der Waals surface area contributed by atoms with E-state index in [2.05, 4.69) is 15.1 Å². The second kappa shape index (κ2) is 11.7. The van der Waals surface area contributed by atoms with Crippen molar-refractivity contribution in [3.05, 3.63) is 42.0 Å². The lowest BCUT2D eigenvalue weighted by Gasteiger charge is -2.27. The molecule has 0 bridgehead atoms. The molecule has 0 spiro atoms. The number of anilines is 1. The molecular formula is C22H26FN7O4. The summed E-state index contributed by atoms with van der Waals surface area (Å²) in [5.41, 5.74) is 12.1. The molecule has 2 aromatic rings. The zero-order chi connectivity index (χ0) is 24.5. The minimum atomic E-state index is -0.697. The molecule has 0 unspecified atom stereocenters. The maximum Gasteiger partial charge on any atom is 0.313 e. The molecule has 180 valence electrons. The number of rotatable bonds is 10. The SMILES string of the molecule is N=C(N)CC(=O)OCc1cccc(-c2cnc(N3CCC(=NOCCC(N)=O)CC3)nc2)c1F. The van der Waals surface area contributed by atoms with Crippen LogP contribution in [0.25, 0.3) is 11.1 Å². The molecule has 1 aromatic carbocycles. The highest BCUT2D eigenvalue weighted by molar-refractivity contribution is 5.94. The summed E-state index contributed by atoms with van der Waals surface area (Å²) >= 11 is 0. The molecule has 12 heteroatoms. The number of oxime groups is 1. The lowest BCUT2D eigenvalue weighted by molar-refractivity contribution is -0.143. The molecule has 2 heterocycles. The van der Waals surface area contributed by atoms with E-state index in [1.165, 1.54) is 6.07 Å². The van der Waals surface area contributed by atoms with Gasteiger partial charge in [-0.15, -0.1) is 0 Å². The average molecular weight is 471 g/mol. The van der Waals surface area contributed by atoms with E-state index in [0.717, 1.165) is 5.71 Å². The van der Waals surface area contributed by atoms with Crippen molar-refractivity contribution in [2.45, 2.75) is 32.3 Å². The third-order valence-electron chi connectivity index (χ3n) is 5.01. The van der Waals surface area contributed by atoms with Crippen molar-refractivity contribution in [1.29, 1.82) is 5.41 Å². The molecule has 11 nitrogen and oxygen atoms in total. The van der Waals surface area contributed by atoms with E-state index in [-0.39, 0.29) is 43.0 Å². The number of carbonyl (C=O) groups is 2. The van der Waals surface area contributed by atoms with Gasteiger partial charge in [-0.1, -0.05) is 23.4 Å². The summed E-state index contributed by atoms with van der Waals surface area (Å²) in [5.74, 6) is -1.47. The number of nitrogens with two attached hydrogens (primary N) is 2. The summed E-state index contributed by atoms with van der Waals surface area (Å²) in [6.07, 6.45) is 4.20. The fraction of sp³-hybridized carbons (Fsp3) is 0.364. The van der Waals surface area contributed by atoms with Gasteiger partial charge in [0.1, 0.15) is 31.3 Å². The fourth-order valence-corrected chi connectivity index (χ4v) is 3.24. The predicted octanol–water partition coefficient (Wildman–Crippen LogP) is 1.50. The number of nitrogens with zero attached hydrogens (tertiary/aromatic N) is 4. The first-order chi connectivity index (χ1) is 16.3. The number of aromatic nitrogens is 2. The average Bonchev–Trinajstić information content (AvgIpc) is 2.81. The lowest BCUT2D eigenvalue weighted by atomic mass is 10.0. The van der Waals surface area contributed by atoms with Gasteiger partial charge in [0, 0.05) is 55.0 Å². The second-order valence-electron chi connectivity index (χ2n) is 7.61. The van der Waals surface area contributed by atoms with E-state index in [9.17, 15) is 14.0 Å². The van der Waals surface area contributed by atoms with Crippen molar-refractivity contribution < 1.29 is 23.6 Å². The van der Waals surface area contributed by atoms with E-state index in [4.69, 9.17) is 26.5 Å². The largest absolute Gasteiger partial charge is 0.460 e. The Morgan fingerprint density at radius 3 is 2.53 bits per heavy atom. The predicted molar refractivity (Wildman–Crippen MR) is 122 cm³/mol. The molecule has 0 atom stereocenters. The summed E-state index contributed by atoms with van der Waals surface area (Å²) < 4.78 is 19.9. The molecule has 1 aromatic heterocycles. The summed E-state index contributed by atoms with van der Waals surface area (Å²) in [5, 5.41) is 11.2. The standard InChI is InChI=1S/C22H26FN7O4/c23-21-14(13-33-20(32)10-18(24)25)2-1-3-17(21)15-11-27-22(28-12-15)30-7-4-16(5-8-30)29-34-9-6-19(26)31/h1-3,11-12H,4-10,13H2,(H3,24,25)(H2,26,31). The molecule has 1 amide bonds. The Labute approximate surface area is 195 Å². The van der Waals surface area contributed by atoms with Crippen LogP contribution < -0.4 is 16.4 Å². The Hall–Kier alpha value is -4.09. The van der Waals surface area contributed by atoms with Crippen molar-refractivity contribution in [3.63, 3.8) is 0 Å². The van der Waals surface area contributed by atoms with Crippen LogP contribution in [0.3, 0.4) is 0 Å². The first-order valence-electron chi connectivity index (χ1n) is 10.6.